The minimum atomic E-state index is 0. The highest BCUT2D eigenvalue weighted by Crippen LogP contribution is 2.21. The van der Waals surface area contributed by atoms with Gasteiger partial charge >= 0.3 is 0 Å². The van der Waals surface area contributed by atoms with Crippen LogP contribution in [0.2, 0.25) is 0 Å². The molecule has 0 nitrogen and oxygen atoms in total. The maximum atomic E-state index is 2.23. The van der Waals surface area contributed by atoms with E-state index in [0.717, 1.165) is 0 Å². The van der Waals surface area contributed by atoms with Gasteiger partial charge in [-0.15, -0.1) is 0 Å². The van der Waals surface area contributed by atoms with Gasteiger partial charge in [0.1, 0.15) is 0 Å². The van der Waals surface area contributed by atoms with Crippen LogP contribution < -0.4 is 0 Å². The number of benzene rings is 1. The lowest BCUT2D eigenvalue weighted by atomic mass is 9.87. The minimum Gasteiger partial charge on any atom is -0.153 e. The summed E-state index contributed by atoms with van der Waals surface area (Å²) in [5.41, 5.74) is 3.02. The molecule has 2 unspecified atom stereocenters. The highest BCUT2D eigenvalue weighted by atomic mass is 31.0. The molecule has 0 heterocycles. The van der Waals surface area contributed by atoms with Crippen molar-refractivity contribution in [2.24, 2.45) is 0 Å². The van der Waals surface area contributed by atoms with Crippen molar-refractivity contribution in [3.63, 3.8) is 0 Å². The molecule has 0 fully saturated rings. The molecule has 0 spiro atoms. The molecule has 2 atom stereocenters. The van der Waals surface area contributed by atoms with E-state index < -0.39 is 0 Å². The maximum Gasteiger partial charge on any atom is -0.0132 e. The topological polar surface area (TPSA) is 0 Å². The lowest BCUT2D eigenvalue weighted by molar-refractivity contribution is 0.590. The third-order valence-corrected chi connectivity index (χ3v) is 1.92. The Hall–Kier alpha value is 0.0800. The van der Waals surface area contributed by atoms with Gasteiger partial charge in [0.15, 0.2) is 0 Å². The average Bonchev–Trinajstić information content (AvgIpc) is 1.86. The predicted molar refractivity (Wildman–Crippen MR) is 78.8 cm³/mol. The van der Waals surface area contributed by atoms with Crippen LogP contribution in [0.25, 0.3) is 0 Å². The molecule has 0 amide bonds. The highest BCUT2D eigenvalue weighted by Gasteiger charge is 2.11. The van der Waals surface area contributed by atoms with Gasteiger partial charge < -0.3 is 0 Å². The van der Waals surface area contributed by atoms with Crippen LogP contribution in [0, 0.1) is 6.92 Å². The molecule has 1 aromatic rings. The van der Waals surface area contributed by atoms with E-state index in [-0.39, 0.29) is 32.6 Å². The largest absolute Gasteiger partial charge is 0.153 e. The Bertz CT molecular complexity index is 231. The van der Waals surface area contributed by atoms with Crippen molar-refractivity contribution in [1.29, 1.82) is 0 Å². The molecule has 84 valence electrons. The van der Waals surface area contributed by atoms with Crippen LogP contribution in [0.5, 0.6) is 0 Å². The normalized spacial score (nSPS) is 9.14. The Morgan fingerprint density at radius 1 is 0.857 bits per heavy atom. The Balaban J connectivity index is -0.000000403. The summed E-state index contributed by atoms with van der Waals surface area (Å²) in [6, 6.07) is 8.74. The van der Waals surface area contributed by atoms with Crippen LogP contribution in [0.3, 0.4) is 0 Å². The smallest absolute Gasteiger partial charge is 0.0132 e. The second-order valence-electron chi connectivity index (χ2n) is 4.12. The third kappa shape index (κ3) is 5.74. The van der Waals surface area contributed by atoms with E-state index in [4.69, 9.17) is 0 Å². The molecule has 0 aliphatic heterocycles. The second-order valence-corrected chi connectivity index (χ2v) is 4.12. The monoisotopic (exact) mass is 232 g/mol. The van der Waals surface area contributed by atoms with Gasteiger partial charge in [0.2, 0.25) is 0 Å². The Labute approximate surface area is 96.1 Å². The van der Waals surface area contributed by atoms with Gasteiger partial charge in [-0.1, -0.05) is 58.0 Å². The van der Waals surface area contributed by atoms with E-state index in [0.29, 0.717) is 0 Å². The summed E-state index contributed by atoms with van der Waals surface area (Å²) in [4.78, 5) is 0. The third-order valence-electron chi connectivity index (χ3n) is 1.92. The molecule has 14 heavy (non-hydrogen) atoms. The summed E-state index contributed by atoms with van der Waals surface area (Å²) in [7, 11) is 0. The molecule has 0 N–H and O–H groups in total. The maximum absolute atomic E-state index is 2.23. The summed E-state index contributed by atoms with van der Waals surface area (Å²) in [5.74, 6) is 0. The fraction of sp³-hybridized carbons (Fsp3) is 0.500. The standard InChI is InChI=1S/C11H16.CH4.2H3P/c1-9-5-7-10(8-6-9)11(2,3)4;;;/h5-8H,1-4H3;1H4;2*1H3. The Morgan fingerprint density at radius 2 is 1.21 bits per heavy atom. The van der Waals surface area contributed by atoms with E-state index in [1.807, 2.05) is 0 Å². The van der Waals surface area contributed by atoms with E-state index in [9.17, 15) is 0 Å². The number of aryl methyl sites for hydroxylation is 1. The van der Waals surface area contributed by atoms with E-state index >= 15 is 0 Å². The molecule has 0 aliphatic rings. The zero-order valence-corrected chi connectivity index (χ0v) is 12.1. The fourth-order valence-electron chi connectivity index (χ4n) is 1.05. The van der Waals surface area contributed by atoms with Crippen molar-refractivity contribution < 1.29 is 0 Å². The number of hydrogen-bond acceptors (Lipinski definition) is 0. The second kappa shape index (κ2) is 7.38. The molecule has 0 saturated carbocycles. The van der Waals surface area contributed by atoms with Gasteiger partial charge in [-0.3, -0.25) is 0 Å². The van der Waals surface area contributed by atoms with Gasteiger partial charge in [0.05, 0.1) is 0 Å². The van der Waals surface area contributed by atoms with Crippen LogP contribution in [0.15, 0.2) is 24.3 Å². The van der Waals surface area contributed by atoms with Crippen molar-refractivity contribution >= 4 is 19.8 Å². The van der Waals surface area contributed by atoms with Gasteiger partial charge in [-0.2, -0.15) is 19.8 Å². The average molecular weight is 232 g/mol. The SMILES string of the molecule is C.Cc1ccc(C(C)(C)C)cc1.P.P. The van der Waals surface area contributed by atoms with Crippen LogP contribution in [0.1, 0.15) is 39.3 Å². The summed E-state index contributed by atoms with van der Waals surface area (Å²) in [6.45, 7) is 8.82. The molecular weight excluding hydrogens is 206 g/mol. The molecule has 0 aliphatic carbocycles. The Kier molecular flexibility index (Phi) is 10.3. The van der Waals surface area contributed by atoms with Crippen LogP contribution in [-0.4, -0.2) is 0 Å². The minimum absolute atomic E-state index is 0. The molecule has 0 aromatic heterocycles. The molecule has 2 heteroatoms. The van der Waals surface area contributed by atoms with Crippen LogP contribution >= 0.6 is 19.8 Å². The van der Waals surface area contributed by atoms with Gasteiger partial charge in [-0.05, 0) is 17.9 Å². The zero-order chi connectivity index (χ0) is 8.48. The van der Waals surface area contributed by atoms with Crippen molar-refractivity contribution in [2.45, 2.75) is 40.5 Å². The Morgan fingerprint density at radius 3 is 1.50 bits per heavy atom. The van der Waals surface area contributed by atoms with E-state index in [2.05, 4.69) is 52.0 Å². The van der Waals surface area contributed by atoms with Gasteiger partial charge in [0, 0.05) is 0 Å². The van der Waals surface area contributed by atoms with Gasteiger partial charge in [-0.25, -0.2) is 0 Å². The summed E-state index contributed by atoms with van der Waals surface area (Å²) in [5, 5.41) is 0. The zero-order valence-electron chi connectivity index (χ0n) is 9.22. The predicted octanol–water partition coefficient (Wildman–Crippen LogP) is 4.04. The quantitative estimate of drug-likeness (QED) is 0.592. The lowest BCUT2D eigenvalue weighted by Gasteiger charge is -2.18. The van der Waals surface area contributed by atoms with Crippen molar-refractivity contribution in [3.8, 4) is 0 Å². The summed E-state index contributed by atoms with van der Waals surface area (Å²) >= 11 is 0. The van der Waals surface area contributed by atoms with Crippen molar-refractivity contribution in [1.82, 2.24) is 0 Å². The van der Waals surface area contributed by atoms with Crippen molar-refractivity contribution in [3.05, 3.63) is 35.4 Å². The first-order valence-corrected chi connectivity index (χ1v) is 4.07. The van der Waals surface area contributed by atoms with Crippen molar-refractivity contribution in [2.75, 3.05) is 0 Å². The summed E-state index contributed by atoms with van der Waals surface area (Å²) < 4.78 is 0. The lowest BCUT2D eigenvalue weighted by Crippen LogP contribution is -2.10. The molecule has 0 saturated heterocycles. The number of rotatable bonds is 0. The van der Waals surface area contributed by atoms with Crippen LogP contribution in [0.4, 0.5) is 0 Å². The molecule has 0 bridgehead atoms. The highest BCUT2D eigenvalue weighted by molar-refractivity contribution is 6.92. The molecule has 0 radical (unpaired) electrons. The summed E-state index contributed by atoms with van der Waals surface area (Å²) in [6.07, 6.45) is 0. The molecule has 1 aromatic carbocycles. The number of hydrogen-bond donors (Lipinski definition) is 0. The van der Waals surface area contributed by atoms with Gasteiger partial charge in [0.25, 0.3) is 0 Å². The molecular formula is C12H26P2. The molecule has 1 rings (SSSR count). The van der Waals surface area contributed by atoms with E-state index in [1.165, 1.54) is 11.1 Å². The first-order valence-electron chi connectivity index (χ1n) is 4.07. The first kappa shape index (κ1) is 19.6. The van der Waals surface area contributed by atoms with Crippen LogP contribution in [-0.2, 0) is 5.41 Å². The van der Waals surface area contributed by atoms with E-state index in [1.54, 1.807) is 0 Å². The first-order chi connectivity index (χ1) is 5.00. The fourth-order valence-corrected chi connectivity index (χ4v) is 1.05.